The number of benzene rings is 1. The first-order chi connectivity index (χ1) is 10.3. The minimum absolute atomic E-state index is 0.0685. The minimum atomic E-state index is -0.0685. The zero-order chi connectivity index (χ0) is 14.7. The lowest BCUT2D eigenvalue weighted by Gasteiger charge is -2.17. The van der Waals surface area contributed by atoms with Crippen molar-refractivity contribution in [2.75, 3.05) is 11.9 Å². The molecule has 1 aliphatic carbocycles. The first kappa shape index (κ1) is 14.5. The molecule has 3 nitrogen and oxygen atoms in total. The average molecular weight is 347 g/mol. The fourth-order valence-electron chi connectivity index (χ4n) is 3.09. The molecule has 21 heavy (non-hydrogen) atoms. The summed E-state index contributed by atoms with van der Waals surface area (Å²) in [6.07, 6.45) is 3.74. The van der Waals surface area contributed by atoms with Crippen LogP contribution in [-0.2, 0) is 0 Å². The number of hydrogen-bond acceptors (Lipinski definition) is 2. The molecular formula is C17H19BrN2O. The van der Waals surface area contributed by atoms with E-state index in [1.165, 1.54) is 19.3 Å². The maximum Gasteiger partial charge on any atom is 0.269 e. The highest BCUT2D eigenvalue weighted by Crippen LogP contribution is 2.32. The Kier molecular flexibility index (Phi) is 4.54. The van der Waals surface area contributed by atoms with Gasteiger partial charge in [-0.15, -0.1) is 0 Å². The van der Waals surface area contributed by atoms with E-state index in [0.717, 1.165) is 22.8 Å². The van der Waals surface area contributed by atoms with Gasteiger partial charge in [-0.05, 0) is 36.8 Å². The van der Waals surface area contributed by atoms with Gasteiger partial charge in [-0.25, -0.2) is 4.98 Å². The van der Waals surface area contributed by atoms with Gasteiger partial charge in [0.2, 0.25) is 0 Å². The first-order valence-electron chi connectivity index (χ1n) is 7.48. The molecule has 0 spiro atoms. The molecule has 1 heterocycles. The van der Waals surface area contributed by atoms with E-state index in [9.17, 15) is 4.79 Å². The number of hydrogen-bond donors (Lipinski definition) is 1. The van der Waals surface area contributed by atoms with Gasteiger partial charge in [0.1, 0.15) is 5.69 Å². The second kappa shape index (κ2) is 6.56. The summed E-state index contributed by atoms with van der Waals surface area (Å²) in [4.78, 5) is 16.7. The van der Waals surface area contributed by atoms with Gasteiger partial charge in [0.25, 0.3) is 5.91 Å². The van der Waals surface area contributed by atoms with Crippen molar-refractivity contribution < 1.29 is 4.79 Å². The van der Waals surface area contributed by atoms with E-state index in [1.807, 2.05) is 30.3 Å². The molecule has 1 N–H and O–H groups in total. The number of aromatic nitrogens is 1. The highest BCUT2D eigenvalue weighted by Gasteiger charge is 2.26. The van der Waals surface area contributed by atoms with E-state index in [2.05, 4.69) is 26.2 Å². The summed E-state index contributed by atoms with van der Waals surface area (Å²) in [6, 6.07) is 11.6. The van der Waals surface area contributed by atoms with Crippen molar-refractivity contribution in [1.82, 2.24) is 10.3 Å². The number of carbonyl (C=O) groups excluding carboxylic acids is 1. The highest BCUT2D eigenvalue weighted by atomic mass is 79.9. The van der Waals surface area contributed by atoms with Crippen LogP contribution in [0.4, 0.5) is 0 Å². The zero-order valence-corrected chi connectivity index (χ0v) is 13.5. The molecule has 4 heteroatoms. The van der Waals surface area contributed by atoms with Crippen LogP contribution in [0.15, 0.2) is 36.4 Å². The largest absolute Gasteiger partial charge is 0.350 e. The summed E-state index contributed by atoms with van der Waals surface area (Å²) in [7, 11) is 0. The molecule has 1 amide bonds. The highest BCUT2D eigenvalue weighted by molar-refractivity contribution is 9.09. The Balaban J connectivity index is 1.66. The number of para-hydroxylation sites is 1. The molecule has 0 aliphatic heterocycles. The molecule has 3 rings (SSSR count). The van der Waals surface area contributed by atoms with Crippen LogP contribution in [0, 0.1) is 11.8 Å². The number of halogens is 1. The average Bonchev–Trinajstić information content (AvgIpc) is 2.99. The lowest BCUT2D eigenvalue weighted by atomic mass is 9.98. The van der Waals surface area contributed by atoms with Crippen molar-refractivity contribution in [2.45, 2.75) is 19.3 Å². The Hall–Kier alpha value is -1.42. The van der Waals surface area contributed by atoms with E-state index in [1.54, 1.807) is 6.07 Å². The summed E-state index contributed by atoms with van der Waals surface area (Å²) < 4.78 is 0. The normalized spacial score (nSPS) is 21.6. The van der Waals surface area contributed by atoms with E-state index in [4.69, 9.17) is 0 Å². The van der Waals surface area contributed by atoms with Crippen LogP contribution < -0.4 is 5.32 Å². The van der Waals surface area contributed by atoms with Gasteiger partial charge >= 0.3 is 0 Å². The van der Waals surface area contributed by atoms with Gasteiger partial charge in [-0.1, -0.05) is 46.6 Å². The fraction of sp³-hybridized carbons (Fsp3) is 0.412. The SMILES string of the molecule is O=C(NCC1CCCC1CBr)c1ccc2ccccc2n1. The van der Waals surface area contributed by atoms with Crippen LogP contribution in [0.3, 0.4) is 0 Å². The van der Waals surface area contributed by atoms with Crippen molar-refractivity contribution >= 4 is 32.7 Å². The number of nitrogens with zero attached hydrogens (tertiary/aromatic N) is 1. The lowest BCUT2D eigenvalue weighted by molar-refractivity contribution is 0.0940. The second-order valence-corrected chi connectivity index (χ2v) is 6.35. The summed E-state index contributed by atoms with van der Waals surface area (Å²) in [6.45, 7) is 0.754. The van der Waals surface area contributed by atoms with E-state index < -0.39 is 0 Å². The summed E-state index contributed by atoms with van der Waals surface area (Å²) >= 11 is 3.57. The van der Waals surface area contributed by atoms with Crippen LogP contribution in [-0.4, -0.2) is 22.8 Å². The second-order valence-electron chi connectivity index (χ2n) is 5.70. The number of pyridine rings is 1. The summed E-state index contributed by atoms with van der Waals surface area (Å²) in [5.41, 5.74) is 1.37. The zero-order valence-electron chi connectivity index (χ0n) is 11.9. The minimum Gasteiger partial charge on any atom is -0.350 e. The van der Waals surface area contributed by atoms with Gasteiger partial charge < -0.3 is 5.32 Å². The molecule has 2 atom stereocenters. The van der Waals surface area contributed by atoms with Crippen molar-refractivity contribution in [1.29, 1.82) is 0 Å². The van der Waals surface area contributed by atoms with Crippen molar-refractivity contribution in [3.63, 3.8) is 0 Å². The topological polar surface area (TPSA) is 42.0 Å². The Labute approximate surface area is 133 Å². The number of fused-ring (bicyclic) bond motifs is 1. The van der Waals surface area contributed by atoms with Crippen LogP contribution in [0.5, 0.6) is 0 Å². The number of amides is 1. The van der Waals surface area contributed by atoms with Crippen LogP contribution in [0.2, 0.25) is 0 Å². The molecule has 2 unspecified atom stereocenters. The van der Waals surface area contributed by atoms with Gasteiger partial charge in [0, 0.05) is 17.3 Å². The standard InChI is InChI=1S/C17H19BrN2O/c18-10-13-5-3-6-14(13)11-19-17(21)16-9-8-12-4-1-2-7-15(12)20-16/h1-2,4,7-9,13-14H,3,5-6,10-11H2,(H,19,21). The third-order valence-electron chi connectivity index (χ3n) is 4.37. The molecule has 1 aliphatic rings. The third-order valence-corrected chi connectivity index (χ3v) is 5.20. The smallest absolute Gasteiger partial charge is 0.269 e. The maximum absolute atomic E-state index is 12.3. The molecule has 0 radical (unpaired) electrons. The molecule has 110 valence electrons. The number of alkyl halides is 1. The van der Waals surface area contributed by atoms with Gasteiger partial charge in [0.15, 0.2) is 0 Å². The molecule has 1 saturated carbocycles. The number of nitrogens with one attached hydrogen (secondary N) is 1. The van der Waals surface area contributed by atoms with Gasteiger partial charge in [0.05, 0.1) is 5.52 Å². The molecule has 0 saturated heterocycles. The summed E-state index contributed by atoms with van der Waals surface area (Å²) in [5, 5.41) is 5.14. The quantitative estimate of drug-likeness (QED) is 0.856. The monoisotopic (exact) mass is 346 g/mol. The molecule has 1 aromatic carbocycles. The van der Waals surface area contributed by atoms with Crippen LogP contribution in [0.25, 0.3) is 10.9 Å². The van der Waals surface area contributed by atoms with E-state index in [-0.39, 0.29) is 5.91 Å². The third kappa shape index (κ3) is 3.26. The van der Waals surface area contributed by atoms with Crippen molar-refractivity contribution in [3.05, 3.63) is 42.1 Å². The van der Waals surface area contributed by atoms with Crippen molar-refractivity contribution in [3.8, 4) is 0 Å². The molecule has 1 fully saturated rings. The predicted octanol–water partition coefficient (Wildman–Crippen LogP) is 3.78. The molecule has 1 aromatic heterocycles. The Bertz CT molecular complexity index is 643. The van der Waals surface area contributed by atoms with E-state index in [0.29, 0.717) is 17.5 Å². The Morgan fingerprint density at radius 1 is 1.19 bits per heavy atom. The molecular weight excluding hydrogens is 328 g/mol. The van der Waals surface area contributed by atoms with E-state index >= 15 is 0 Å². The Morgan fingerprint density at radius 3 is 2.86 bits per heavy atom. The van der Waals surface area contributed by atoms with Crippen LogP contribution in [0.1, 0.15) is 29.8 Å². The van der Waals surface area contributed by atoms with Crippen molar-refractivity contribution in [2.24, 2.45) is 11.8 Å². The molecule has 2 aromatic rings. The Morgan fingerprint density at radius 2 is 2.00 bits per heavy atom. The van der Waals surface area contributed by atoms with Gasteiger partial charge in [-0.2, -0.15) is 0 Å². The lowest BCUT2D eigenvalue weighted by Crippen LogP contribution is -2.31. The number of carbonyl (C=O) groups is 1. The summed E-state index contributed by atoms with van der Waals surface area (Å²) in [5.74, 6) is 1.21. The maximum atomic E-state index is 12.3. The molecule has 0 bridgehead atoms. The fourth-order valence-corrected chi connectivity index (χ4v) is 3.94. The van der Waals surface area contributed by atoms with Gasteiger partial charge in [-0.3, -0.25) is 4.79 Å². The first-order valence-corrected chi connectivity index (χ1v) is 8.60. The van der Waals surface area contributed by atoms with Crippen LogP contribution >= 0.6 is 15.9 Å². The number of rotatable bonds is 4. The predicted molar refractivity (Wildman–Crippen MR) is 88.7 cm³/mol.